The molecular weight excluding hydrogens is 212 g/mol. The quantitative estimate of drug-likeness (QED) is 0.545. The van der Waals surface area contributed by atoms with E-state index in [0.717, 1.165) is 11.3 Å². The molecule has 1 rings (SSSR count). The van der Waals surface area contributed by atoms with E-state index in [1.54, 1.807) is 0 Å². The molecule has 0 saturated carbocycles. The van der Waals surface area contributed by atoms with Gasteiger partial charge in [0.1, 0.15) is 5.76 Å². The predicted molar refractivity (Wildman–Crippen MR) is 73.8 cm³/mol. The molecule has 0 bridgehead atoms. The Morgan fingerprint density at radius 2 is 1.62 bits per heavy atom. The van der Waals surface area contributed by atoms with Crippen LogP contribution in [0.2, 0.25) is 18.1 Å². The molecule has 1 aromatic carbocycles. The van der Waals surface area contributed by atoms with Gasteiger partial charge in [0, 0.05) is 5.56 Å². The number of hydrogen-bond acceptors (Lipinski definition) is 1. The molecule has 0 radical (unpaired) electrons. The van der Waals surface area contributed by atoms with Crippen LogP contribution in [0.3, 0.4) is 0 Å². The van der Waals surface area contributed by atoms with E-state index in [1.807, 2.05) is 30.3 Å². The average molecular weight is 234 g/mol. The molecule has 0 heterocycles. The van der Waals surface area contributed by atoms with E-state index >= 15 is 0 Å². The predicted octanol–water partition coefficient (Wildman–Crippen LogP) is 4.68. The van der Waals surface area contributed by atoms with Crippen molar-refractivity contribution >= 4 is 14.1 Å². The van der Waals surface area contributed by atoms with E-state index in [-0.39, 0.29) is 5.04 Å². The van der Waals surface area contributed by atoms with Crippen LogP contribution in [0.25, 0.3) is 5.76 Å². The Hall–Kier alpha value is -1.02. The standard InChI is InChI=1S/C14H22OSi/c1-12(13-10-8-7-9-11-13)15-16(5,6)14(2,3)4/h7-11H,1H2,2-6H3. The fraction of sp³-hybridized carbons (Fsp3) is 0.429. The van der Waals surface area contributed by atoms with Crippen molar-refractivity contribution in [1.82, 2.24) is 0 Å². The van der Waals surface area contributed by atoms with Crippen molar-refractivity contribution < 1.29 is 4.43 Å². The van der Waals surface area contributed by atoms with Crippen LogP contribution < -0.4 is 0 Å². The molecule has 1 nitrogen and oxygen atoms in total. The molecule has 0 spiro atoms. The van der Waals surface area contributed by atoms with Gasteiger partial charge in [-0.2, -0.15) is 0 Å². The smallest absolute Gasteiger partial charge is 0.250 e. The van der Waals surface area contributed by atoms with E-state index < -0.39 is 8.32 Å². The summed E-state index contributed by atoms with van der Waals surface area (Å²) in [6.07, 6.45) is 0. The number of rotatable bonds is 3. The zero-order chi connectivity index (χ0) is 12.4. The molecule has 0 aliphatic rings. The summed E-state index contributed by atoms with van der Waals surface area (Å²) >= 11 is 0. The normalized spacial score (nSPS) is 12.3. The van der Waals surface area contributed by atoms with Crippen molar-refractivity contribution in [3.63, 3.8) is 0 Å². The molecule has 0 amide bonds. The summed E-state index contributed by atoms with van der Waals surface area (Å²) in [6, 6.07) is 10.1. The summed E-state index contributed by atoms with van der Waals surface area (Å²) in [5.74, 6) is 0.798. The van der Waals surface area contributed by atoms with Gasteiger partial charge < -0.3 is 4.43 Å². The topological polar surface area (TPSA) is 9.23 Å². The molecule has 0 aliphatic heterocycles. The number of benzene rings is 1. The molecule has 0 fully saturated rings. The largest absolute Gasteiger partial charge is 0.543 e. The summed E-state index contributed by atoms with van der Waals surface area (Å²) < 4.78 is 6.13. The molecule has 16 heavy (non-hydrogen) atoms. The summed E-state index contributed by atoms with van der Waals surface area (Å²) in [5, 5.41) is 0.213. The minimum Gasteiger partial charge on any atom is -0.543 e. The highest BCUT2D eigenvalue weighted by Crippen LogP contribution is 2.38. The fourth-order valence-corrected chi connectivity index (χ4v) is 2.18. The highest BCUT2D eigenvalue weighted by molar-refractivity contribution is 6.74. The maximum atomic E-state index is 6.13. The summed E-state index contributed by atoms with van der Waals surface area (Å²) in [6.45, 7) is 15.2. The molecule has 88 valence electrons. The van der Waals surface area contributed by atoms with Crippen molar-refractivity contribution in [1.29, 1.82) is 0 Å². The first-order valence-electron chi connectivity index (χ1n) is 5.67. The third kappa shape index (κ3) is 2.98. The lowest BCUT2D eigenvalue weighted by molar-refractivity contribution is 0.459. The third-order valence-corrected chi connectivity index (χ3v) is 7.65. The van der Waals surface area contributed by atoms with Crippen LogP contribution in [0.5, 0.6) is 0 Å². The highest BCUT2D eigenvalue weighted by Gasteiger charge is 2.39. The van der Waals surface area contributed by atoms with E-state index in [9.17, 15) is 0 Å². The molecule has 1 aromatic rings. The SMILES string of the molecule is C=C(O[Si](C)(C)C(C)(C)C)c1ccccc1. The van der Waals surface area contributed by atoms with Crippen LogP contribution in [-0.4, -0.2) is 8.32 Å². The van der Waals surface area contributed by atoms with Gasteiger partial charge >= 0.3 is 0 Å². The second kappa shape index (κ2) is 4.46. The van der Waals surface area contributed by atoms with Gasteiger partial charge in [0.15, 0.2) is 0 Å². The Balaban J connectivity index is 2.80. The second-order valence-electron chi connectivity index (χ2n) is 5.65. The van der Waals surface area contributed by atoms with E-state index in [4.69, 9.17) is 4.43 Å². The van der Waals surface area contributed by atoms with Crippen LogP contribution in [0.4, 0.5) is 0 Å². The third-order valence-electron chi connectivity index (χ3n) is 3.28. The van der Waals surface area contributed by atoms with Crippen molar-refractivity contribution in [2.75, 3.05) is 0 Å². The molecule has 0 N–H and O–H groups in total. The Bertz CT molecular complexity index is 360. The van der Waals surface area contributed by atoms with E-state index in [1.165, 1.54) is 0 Å². The fourth-order valence-electron chi connectivity index (χ4n) is 1.14. The van der Waals surface area contributed by atoms with Gasteiger partial charge in [-0.05, 0) is 18.1 Å². The van der Waals surface area contributed by atoms with E-state index in [0.29, 0.717) is 0 Å². The van der Waals surface area contributed by atoms with Gasteiger partial charge in [0.05, 0.1) is 0 Å². The minimum atomic E-state index is -1.75. The number of hydrogen-bond donors (Lipinski definition) is 0. The highest BCUT2D eigenvalue weighted by atomic mass is 28.4. The Morgan fingerprint density at radius 1 is 1.12 bits per heavy atom. The molecule has 0 aliphatic carbocycles. The molecule has 0 saturated heterocycles. The molecule has 0 unspecified atom stereocenters. The monoisotopic (exact) mass is 234 g/mol. The zero-order valence-electron chi connectivity index (χ0n) is 11.0. The van der Waals surface area contributed by atoms with Crippen LogP contribution in [0.15, 0.2) is 36.9 Å². The van der Waals surface area contributed by atoms with Gasteiger partial charge in [0.25, 0.3) is 0 Å². The second-order valence-corrected chi connectivity index (χ2v) is 10.4. The van der Waals surface area contributed by atoms with Crippen LogP contribution in [0.1, 0.15) is 26.3 Å². The maximum absolute atomic E-state index is 6.13. The lowest BCUT2D eigenvalue weighted by atomic mass is 10.2. The first-order valence-corrected chi connectivity index (χ1v) is 8.58. The maximum Gasteiger partial charge on any atom is 0.250 e. The molecule has 0 aromatic heterocycles. The van der Waals surface area contributed by atoms with Crippen LogP contribution in [0, 0.1) is 0 Å². The van der Waals surface area contributed by atoms with E-state index in [2.05, 4.69) is 40.4 Å². The first-order chi connectivity index (χ1) is 7.24. The Morgan fingerprint density at radius 3 is 2.06 bits per heavy atom. The molecule has 0 atom stereocenters. The lowest BCUT2D eigenvalue weighted by Crippen LogP contribution is -2.40. The van der Waals surface area contributed by atoms with Crippen molar-refractivity contribution in [3.8, 4) is 0 Å². The van der Waals surface area contributed by atoms with Gasteiger partial charge in [-0.3, -0.25) is 0 Å². The lowest BCUT2D eigenvalue weighted by Gasteiger charge is -2.37. The summed E-state index contributed by atoms with van der Waals surface area (Å²) in [7, 11) is -1.75. The molecule has 2 heteroatoms. The van der Waals surface area contributed by atoms with Gasteiger partial charge in [-0.15, -0.1) is 0 Å². The van der Waals surface area contributed by atoms with Crippen molar-refractivity contribution in [2.45, 2.75) is 38.9 Å². The first kappa shape index (κ1) is 13.0. The Labute approximate surface area is 100 Å². The van der Waals surface area contributed by atoms with Gasteiger partial charge in [0.2, 0.25) is 8.32 Å². The summed E-state index contributed by atoms with van der Waals surface area (Å²) in [4.78, 5) is 0. The Kier molecular flexibility index (Phi) is 3.63. The zero-order valence-corrected chi connectivity index (χ0v) is 12.0. The van der Waals surface area contributed by atoms with Crippen molar-refractivity contribution in [2.24, 2.45) is 0 Å². The van der Waals surface area contributed by atoms with Crippen LogP contribution >= 0.6 is 0 Å². The van der Waals surface area contributed by atoms with Gasteiger partial charge in [-0.1, -0.05) is 57.7 Å². The molecular formula is C14H22OSi. The van der Waals surface area contributed by atoms with Gasteiger partial charge in [-0.25, -0.2) is 0 Å². The average Bonchev–Trinajstić information content (AvgIpc) is 2.16. The summed E-state index contributed by atoms with van der Waals surface area (Å²) in [5.41, 5.74) is 1.08. The van der Waals surface area contributed by atoms with Crippen LogP contribution in [-0.2, 0) is 4.43 Å². The van der Waals surface area contributed by atoms with Crippen molar-refractivity contribution in [3.05, 3.63) is 42.5 Å². The minimum absolute atomic E-state index is 0.213.